The number of hydrazine groups is 1. The van der Waals surface area contributed by atoms with E-state index >= 15 is 0 Å². The van der Waals surface area contributed by atoms with Crippen LogP contribution < -0.4 is 20.9 Å². The average Bonchev–Trinajstić information content (AvgIpc) is 2.90. The van der Waals surface area contributed by atoms with Gasteiger partial charge in [-0.3, -0.25) is 0 Å². The van der Waals surface area contributed by atoms with Crippen LogP contribution in [0.4, 0.5) is 11.6 Å². The van der Waals surface area contributed by atoms with Gasteiger partial charge in [0.25, 0.3) is 0 Å². The van der Waals surface area contributed by atoms with Crippen LogP contribution in [0.1, 0.15) is 6.42 Å². The minimum Gasteiger partial charge on any atom is -0.490 e. The number of anilines is 2. The summed E-state index contributed by atoms with van der Waals surface area (Å²) in [7, 11) is 3.63. The van der Waals surface area contributed by atoms with Crippen molar-refractivity contribution in [2.75, 3.05) is 36.0 Å². The van der Waals surface area contributed by atoms with Gasteiger partial charge in [0.2, 0.25) is 5.75 Å². The average molecular weight is 255 g/mol. The predicted octanol–water partition coefficient (Wildman–Crippen LogP) is 0.712. The normalized spacial score (nSPS) is 19.1. The number of nitrogens with one attached hydrogen (secondary N) is 1. The molecule has 1 aromatic rings. The molecule has 1 fully saturated rings. The highest BCUT2D eigenvalue weighted by molar-refractivity contribution is 7.99. The molecule has 0 radical (unpaired) electrons. The van der Waals surface area contributed by atoms with Crippen molar-refractivity contribution < 1.29 is 4.74 Å². The first-order valence-corrected chi connectivity index (χ1v) is 6.59. The molecule has 0 aromatic carbocycles. The highest BCUT2D eigenvalue weighted by atomic mass is 32.2. The van der Waals surface area contributed by atoms with Gasteiger partial charge in [-0.2, -0.15) is 11.8 Å². The van der Waals surface area contributed by atoms with Crippen LogP contribution in [0.3, 0.4) is 0 Å². The van der Waals surface area contributed by atoms with Crippen molar-refractivity contribution in [2.24, 2.45) is 5.84 Å². The predicted molar refractivity (Wildman–Crippen MR) is 70.5 cm³/mol. The highest BCUT2D eigenvalue weighted by Gasteiger charge is 2.24. The molecular weight excluding hydrogens is 238 g/mol. The van der Waals surface area contributed by atoms with Crippen LogP contribution in [0.5, 0.6) is 5.75 Å². The molecule has 0 aliphatic carbocycles. The zero-order valence-electron chi connectivity index (χ0n) is 10.0. The zero-order valence-corrected chi connectivity index (χ0v) is 10.8. The molecule has 1 aliphatic rings. The second-order valence-electron chi connectivity index (χ2n) is 3.85. The Morgan fingerprint density at radius 1 is 1.59 bits per heavy atom. The molecular formula is C10H17N5OS. The molecule has 0 amide bonds. The molecule has 1 atom stereocenters. The van der Waals surface area contributed by atoms with Gasteiger partial charge in [0.15, 0.2) is 11.6 Å². The molecule has 94 valence electrons. The summed E-state index contributed by atoms with van der Waals surface area (Å²) in [6.07, 6.45) is 2.66. The van der Waals surface area contributed by atoms with E-state index < -0.39 is 0 Å². The van der Waals surface area contributed by atoms with Gasteiger partial charge in [-0.05, 0) is 12.2 Å². The maximum Gasteiger partial charge on any atom is 0.205 e. The van der Waals surface area contributed by atoms with E-state index in [1.54, 1.807) is 7.11 Å². The number of nitrogens with two attached hydrogens (primary N) is 1. The number of ether oxygens (including phenoxy) is 1. The molecule has 0 bridgehead atoms. The van der Waals surface area contributed by atoms with Crippen LogP contribution in [-0.2, 0) is 0 Å². The molecule has 2 rings (SSSR count). The van der Waals surface area contributed by atoms with Crippen molar-refractivity contribution in [2.45, 2.75) is 12.5 Å². The van der Waals surface area contributed by atoms with Crippen molar-refractivity contribution >= 4 is 23.4 Å². The Balaban J connectivity index is 2.29. The fraction of sp³-hybridized carbons (Fsp3) is 0.600. The van der Waals surface area contributed by atoms with Gasteiger partial charge in [-0.1, -0.05) is 0 Å². The van der Waals surface area contributed by atoms with Gasteiger partial charge in [-0.25, -0.2) is 15.8 Å². The van der Waals surface area contributed by atoms with Crippen LogP contribution >= 0.6 is 11.8 Å². The van der Waals surface area contributed by atoms with Crippen molar-refractivity contribution in [3.8, 4) is 5.75 Å². The maximum atomic E-state index is 5.41. The first kappa shape index (κ1) is 12.3. The van der Waals surface area contributed by atoms with Gasteiger partial charge in [0.1, 0.15) is 6.33 Å². The highest BCUT2D eigenvalue weighted by Crippen LogP contribution is 2.34. The van der Waals surface area contributed by atoms with E-state index in [9.17, 15) is 0 Å². The molecule has 2 heterocycles. The lowest BCUT2D eigenvalue weighted by Gasteiger charge is -2.26. The summed E-state index contributed by atoms with van der Waals surface area (Å²) in [5.74, 6) is 9.61. The summed E-state index contributed by atoms with van der Waals surface area (Å²) in [6, 6.07) is 0.495. The van der Waals surface area contributed by atoms with Crippen LogP contribution in [-0.4, -0.2) is 41.7 Å². The number of nitrogens with zero attached hydrogens (tertiary/aromatic N) is 3. The SMILES string of the molecule is COc1c(NN)ncnc1N(C)C1CCSC1. The van der Waals surface area contributed by atoms with Crippen LogP contribution in [0.15, 0.2) is 6.33 Å². The Bertz CT molecular complexity index is 383. The summed E-state index contributed by atoms with van der Waals surface area (Å²) in [5, 5.41) is 0. The monoisotopic (exact) mass is 255 g/mol. The van der Waals surface area contributed by atoms with E-state index in [-0.39, 0.29) is 0 Å². The molecule has 1 saturated heterocycles. The zero-order chi connectivity index (χ0) is 12.3. The lowest BCUT2D eigenvalue weighted by atomic mass is 10.2. The summed E-state index contributed by atoms with van der Waals surface area (Å²) in [6.45, 7) is 0. The quantitative estimate of drug-likeness (QED) is 0.606. The number of hydrogen-bond acceptors (Lipinski definition) is 7. The molecule has 6 nitrogen and oxygen atoms in total. The standard InChI is InChI=1S/C10H17N5OS/c1-15(7-3-4-17-5-7)10-8(16-2)9(14-11)12-6-13-10/h6-7H,3-5,11H2,1-2H3,(H,12,13,14). The summed E-state index contributed by atoms with van der Waals surface area (Å²) >= 11 is 1.96. The molecule has 0 spiro atoms. The third-order valence-electron chi connectivity index (χ3n) is 2.91. The fourth-order valence-corrected chi connectivity index (χ4v) is 3.17. The lowest BCUT2D eigenvalue weighted by molar-refractivity contribution is 0.411. The van der Waals surface area contributed by atoms with Gasteiger partial charge < -0.3 is 15.1 Å². The molecule has 1 aromatic heterocycles. The van der Waals surface area contributed by atoms with Gasteiger partial charge >= 0.3 is 0 Å². The molecule has 3 N–H and O–H groups in total. The largest absolute Gasteiger partial charge is 0.490 e. The smallest absolute Gasteiger partial charge is 0.205 e. The summed E-state index contributed by atoms with van der Waals surface area (Å²) in [4.78, 5) is 10.5. The van der Waals surface area contributed by atoms with Crippen molar-refractivity contribution in [3.05, 3.63) is 6.33 Å². The van der Waals surface area contributed by atoms with E-state index in [1.165, 1.54) is 18.5 Å². The third-order valence-corrected chi connectivity index (χ3v) is 4.06. The number of methoxy groups -OCH3 is 1. The Kier molecular flexibility index (Phi) is 3.90. The Labute approximate surface area is 105 Å². The van der Waals surface area contributed by atoms with Crippen LogP contribution in [0, 0.1) is 0 Å². The number of hydrogen-bond donors (Lipinski definition) is 2. The molecule has 7 heteroatoms. The van der Waals surface area contributed by atoms with Crippen molar-refractivity contribution in [1.82, 2.24) is 9.97 Å². The van der Waals surface area contributed by atoms with E-state index in [4.69, 9.17) is 10.6 Å². The number of thioether (sulfide) groups is 1. The lowest BCUT2D eigenvalue weighted by Crippen LogP contribution is -2.32. The number of rotatable bonds is 4. The molecule has 1 unspecified atom stereocenters. The molecule has 17 heavy (non-hydrogen) atoms. The van der Waals surface area contributed by atoms with Gasteiger partial charge in [0.05, 0.1) is 7.11 Å². The topological polar surface area (TPSA) is 76.3 Å². The Morgan fingerprint density at radius 3 is 3.00 bits per heavy atom. The van der Waals surface area contributed by atoms with E-state index in [1.807, 2.05) is 18.8 Å². The van der Waals surface area contributed by atoms with Crippen LogP contribution in [0.25, 0.3) is 0 Å². The minimum absolute atomic E-state index is 0.495. The molecule has 1 aliphatic heterocycles. The number of aromatic nitrogens is 2. The van der Waals surface area contributed by atoms with Crippen molar-refractivity contribution in [3.63, 3.8) is 0 Å². The second kappa shape index (κ2) is 5.42. The van der Waals surface area contributed by atoms with Gasteiger partial charge in [0, 0.05) is 18.8 Å². The van der Waals surface area contributed by atoms with E-state index in [0.29, 0.717) is 17.6 Å². The number of nitrogen functional groups attached to an aromatic ring is 1. The Morgan fingerprint density at radius 2 is 2.41 bits per heavy atom. The first-order valence-electron chi connectivity index (χ1n) is 5.44. The third kappa shape index (κ3) is 2.39. The van der Waals surface area contributed by atoms with Gasteiger partial charge in [-0.15, -0.1) is 0 Å². The minimum atomic E-state index is 0.495. The molecule has 0 saturated carbocycles. The van der Waals surface area contributed by atoms with E-state index in [0.717, 1.165) is 11.6 Å². The second-order valence-corrected chi connectivity index (χ2v) is 5.00. The summed E-state index contributed by atoms with van der Waals surface area (Å²) in [5.41, 5.74) is 2.52. The Hall–Kier alpha value is -1.21. The first-order chi connectivity index (χ1) is 8.27. The van der Waals surface area contributed by atoms with Crippen LogP contribution in [0.2, 0.25) is 0 Å². The summed E-state index contributed by atoms with van der Waals surface area (Å²) < 4.78 is 5.33. The van der Waals surface area contributed by atoms with E-state index in [2.05, 4.69) is 20.3 Å². The maximum absolute atomic E-state index is 5.41. The van der Waals surface area contributed by atoms with Crippen molar-refractivity contribution in [1.29, 1.82) is 0 Å². The fourth-order valence-electron chi connectivity index (χ4n) is 1.91.